The fraction of sp³-hybridized carbons (Fsp3) is 0.974. The minimum atomic E-state index is -1.24. The summed E-state index contributed by atoms with van der Waals surface area (Å²) in [7, 11) is 1.62. The molecule has 6 aliphatic rings. The van der Waals surface area contributed by atoms with E-state index in [9.17, 15) is 20.1 Å². The predicted octanol–water partition coefficient (Wildman–Crippen LogP) is 5.00. The Hall–Kier alpha value is -0.970. The molecular weight excluding hydrogens is 596 g/mol. The van der Waals surface area contributed by atoms with Crippen LogP contribution < -0.4 is 5.32 Å². The van der Waals surface area contributed by atoms with Gasteiger partial charge in [0.05, 0.1) is 31.0 Å². The highest BCUT2D eigenvalue weighted by atomic mass is 16.6. The van der Waals surface area contributed by atoms with E-state index in [4.69, 9.17) is 14.2 Å². The van der Waals surface area contributed by atoms with Gasteiger partial charge >= 0.3 is 6.09 Å². The van der Waals surface area contributed by atoms with E-state index in [1.54, 1.807) is 21.0 Å². The molecule has 47 heavy (non-hydrogen) atoms. The average molecular weight is 663 g/mol. The number of nitrogens with one attached hydrogen (secondary N) is 1. The molecule has 1 aliphatic heterocycles. The third-order valence-electron chi connectivity index (χ3n) is 15.9. The molecule has 12 atom stereocenters. The number of nitrogens with zero attached hydrogens (tertiary/aromatic N) is 1. The first-order valence-corrected chi connectivity index (χ1v) is 18.8. The summed E-state index contributed by atoms with van der Waals surface area (Å²) in [6.45, 7) is 19.9. The fourth-order valence-corrected chi connectivity index (χ4v) is 13.1. The summed E-state index contributed by atoms with van der Waals surface area (Å²) >= 11 is 0. The van der Waals surface area contributed by atoms with Crippen molar-refractivity contribution in [1.29, 1.82) is 0 Å². The van der Waals surface area contributed by atoms with Gasteiger partial charge in [-0.1, -0.05) is 34.6 Å². The number of aliphatic hydroxyl groups is 3. The smallest absolute Gasteiger partial charge is 0.407 e. The topological polar surface area (TPSA) is 121 Å². The van der Waals surface area contributed by atoms with Crippen LogP contribution in [0, 0.1) is 50.7 Å². The lowest BCUT2D eigenvalue weighted by molar-refractivity contribution is -0.183. The Kier molecular flexibility index (Phi) is 9.43. The highest BCUT2D eigenvalue weighted by Crippen LogP contribution is 2.89. The van der Waals surface area contributed by atoms with Crippen molar-refractivity contribution in [3.8, 4) is 0 Å². The van der Waals surface area contributed by atoms with E-state index in [0.29, 0.717) is 30.7 Å². The molecule has 0 radical (unpaired) electrons. The van der Waals surface area contributed by atoms with Crippen molar-refractivity contribution in [1.82, 2.24) is 10.2 Å². The third kappa shape index (κ3) is 5.51. The van der Waals surface area contributed by atoms with Gasteiger partial charge < -0.3 is 34.8 Å². The molecule has 0 aromatic rings. The van der Waals surface area contributed by atoms with Gasteiger partial charge in [0, 0.05) is 44.1 Å². The van der Waals surface area contributed by atoms with Gasteiger partial charge in [-0.2, -0.15) is 0 Å². The zero-order valence-electron chi connectivity index (χ0n) is 30.6. The number of morpholine rings is 1. The monoisotopic (exact) mass is 662 g/mol. The van der Waals surface area contributed by atoms with Crippen molar-refractivity contribution >= 4 is 6.09 Å². The molecule has 1 heterocycles. The van der Waals surface area contributed by atoms with Crippen molar-refractivity contribution in [3.05, 3.63) is 0 Å². The van der Waals surface area contributed by atoms with Crippen molar-refractivity contribution in [2.45, 2.75) is 136 Å². The molecule has 0 aromatic heterocycles. The second-order valence-electron chi connectivity index (χ2n) is 18.5. The van der Waals surface area contributed by atoms with Gasteiger partial charge in [-0.25, -0.2) is 4.79 Å². The number of carbonyl (C=O) groups excluding carboxylic acids is 1. The second kappa shape index (κ2) is 12.4. The highest BCUT2D eigenvalue weighted by Gasteiger charge is 2.83. The van der Waals surface area contributed by atoms with Crippen LogP contribution in [0.25, 0.3) is 0 Å². The Balaban J connectivity index is 1.13. The van der Waals surface area contributed by atoms with Gasteiger partial charge in [0.2, 0.25) is 0 Å². The fourth-order valence-electron chi connectivity index (χ4n) is 13.1. The predicted molar refractivity (Wildman–Crippen MR) is 181 cm³/mol. The number of fused-ring (bicyclic) bond motifs is 2. The van der Waals surface area contributed by atoms with Gasteiger partial charge in [0.25, 0.3) is 0 Å². The van der Waals surface area contributed by atoms with Crippen LogP contribution in [-0.2, 0) is 14.2 Å². The summed E-state index contributed by atoms with van der Waals surface area (Å²) in [6.07, 6.45) is 7.11. The van der Waals surface area contributed by atoms with Crippen LogP contribution in [0.4, 0.5) is 4.79 Å². The van der Waals surface area contributed by atoms with Gasteiger partial charge in [0.15, 0.2) is 0 Å². The van der Waals surface area contributed by atoms with Gasteiger partial charge in [0.1, 0.15) is 12.2 Å². The van der Waals surface area contributed by atoms with Crippen molar-refractivity contribution in [3.63, 3.8) is 0 Å². The van der Waals surface area contributed by atoms with Crippen LogP contribution in [0.15, 0.2) is 0 Å². The molecule has 4 N–H and O–H groups in total. The van der Waals surface area contributed by atoms with E-state index < -0.39 is 17.8 Å². The first-order chi connectivity index (χ1) is 22.0. The molecule has 2 spiro atoms. The van der Waals surface area contributed by atoms with Crippen LogP contribution in [0.1, 0.15) is 106 Å². The molecular formula is C38H66N2O7. The van der Waals surface area contributed by atoms with E-state index in [1.165, 1.54) is 12.8 Å². The average Bonchev–Trinajstić information content (AvgIpc) is 3.63. The molecule has 270 valence electrons. The number of ether oxygens (including phenoxy) is 3. The number of alkyl carbamates (subject to hydrolysis) is 1. The molecule has 1 amide bonds. The van der Waals surface area contributed by atoms with E-state index >= 15 is 0 Å². The van der Waals surface area contributed by atoms with Gasteiger partial charge in [-0.3, -0.25) is 4.90 Å². The number of amides is 1. The van der Waals surface area contributed by atoms with Gasteiger partial charge in [-0.15, -0.1) is 0 Å². The van der Waals surface area contributed by atoms with Crippen LogP contribution in [0.3, 0.4) is 0 Å². The molecule has 1 saturated heterocycles. The normalized spacial score (nSPS) is 44.6. The third-order valence-corrected chi connectivity index (χ3v) is 15.9. The lowest BCUT2D eigenvalue weighted by Crippen LogP contribution is -2.60. The highest BCUT2D eigenvalue weighted by molar-refractivity contribution is 5.67. The number of carbonyl (C=O) groups is 1. The maximum atomic E-state index is 13.0. The Morgan fingerprint density at radius 2 is 1.70 bits per heavy atom. The molecule has 5 saturated carbocycles. The zero-order valence-corrected chi connectivity index (χ0v) is 30.6. The van der Waals surface area contributed by atoms with E-state index in [1.807, 2.05) is 0 Å². The summed E-state index contributed by atoms with van der Waals surface area (Å²) in [6, 6.07) is 0. The quantitative estimate of drug-likeness (QED) is 0.258. The first kappa shape index (κ1) is 35.8. The summed E-state index contributed by atoms with van der Waals surface area (Å²) < 4.78 is 17.4. The number of methoxy groups -OCH3 is 1. The van der Waals surface area contributed by atoms with Crippen molar-refractivity contribution in [2.75, 3.05) is 46.5 Å². The van der Waals surface area contributed by atoms with Crippen LogP contribution in [-0.4, -0.2) is 103 Å². The number of hydrogen-bond acceptors (Lipinski definition) is 8. The minimum Gasteiger partial charge on any atom is -0.446 e. The molecule has 5 aliphatic carbocycles. The largest absolute Gasteiger partial charge is 0.446 e. The van der Waals surface area contributed by atoms with Crippen molar-refractivity contribution < 1.29 is 34.3 Å². The van der Waals surface area contributed by atoms with E-state index in [2.05, 4.69) is 44.8 Å². The lowest BCUT2D eigenvalue weighted by Gasteiger charge is -2.63. The van der Waals surface area contributed by atoms with E-state index in [-0.39, 0.29) is 51.3 Å². The Labute approximate surface area is 283 Å². The lowest BCUT2D eigenvalue weighted by atomic mass is 9.41. The maximum absolute atomic E-state index is 13.0. The Morgan fingerprint density at radius 1 is 1.04 bits per heavy atom. The minimum absolute atomic E-state index is 0.00845. The maximum Gasteiger partial charge on any atom is 0.407 e. The zero-order chi connectivity index (χ0) is 34.2. The van der Waals surface area contributed by atoms with Crippen LogP contribution >= 0.6 is 0 Å². The molecule has 7 unspecified atom stereocenters. The molecule has 6 rings (SSSR count). The van der Waals surface area contributed by atoms with Gasteiger partial charge in [-0.05, 0) is 112 Å². The Bertz CT molecular complexity index is 1150. The summed E-state index contributed by atoms with van der Waals surface area (Å²) in [4.78, 5) is 15.3. The Morgan fingerprint density at radius 3 is 2.36 bits per heavy atom. The first-order valence-electron chi connectivity index (χ1n) is 18.8. The number of rotatable bonds is 10. The van der Waals surface area contributed by atoms with E-state index in [0.717, 1.165) is 71.4 Å². The summed E-state index contributed by atoms with van der Waals surface area (Å²) in [5.74, 6) is 1.55. The van der Waals surface area contributed by atoms with Crippen molar-refractivity contribution in [2.24, 2.45) is 50.7 Å². The SMILES string of the molecule is COC(C[C@@H](C)[C@H]1C[C@H](O)[C@@]2(C)C3CC[C@H]4C(C)(C)C(OC(=O)NCCN5CCOCC5)CCC45CC35CCC12C)C(O)C(C)(C)O. The molecule has 9 nitrogen and oxygen atoms in total. The number of aliphatic hydroxyl groups excluding tert-OH is 2. The number of hydrogen-bond donors (Lipinski definition) is 4. The standard InChI is InChI=1S/C38H66N2O7/c1-24(21-26(45-8)31(42)34(4,5)44)25-22-29(41)36(7)28-10-9-27-33(2,3)30(47-32(43)39-15-16-40-17-19-46-20-18-40)11-12-37(27)23-38(28,37)14-13-35(25,36)6/h24-31,41-42,44H,9-23H2,1-8H3,(H,39,43)/t24-,25-,26?,27+,28?,29+,30?,31?,35?,36-,37?,38?/m1/s1. The van der Waals surface area contributed by atoms with Crippen LogP contribution in [0.5, 0.6) is 0 Å². The summed E-state index contributed by atoms with van der Waals surface area (Å²) in [5.41, 5.74) is -0.984. The summed E-state index contributed by atoms with van der Waals surface area (Å²) in [5, 5.41) is 36.5. The molecule has 6 fully saturated rings. The van der Waals surface area contributed by atoms with Crippen LogP contribution in [0.2, 0.25) is 0 Å². The second-order valence-corrected chi connectivity index (χ2v) is 18.5. The molecule has 0 aromatic carbocycles. The molecule has 9 heteroatoms. The molecule has 0 bridgehead atoms.